The van der Waals surface area contributed by atoms with Crippen LogP contribution in [0.3, 0.4) is 0 Å². The molecule has 1 aromatic heterocycles. The van der Waals surface area contributed by atoms with Crippen molar-refractivity contribution >= 4 is 23.3 Å². The molecule has 0 aliphatic rings. The van der Waals surface area contributed by atoms with E-state index in [1.165, 1.54) is 12.1 Å². The molecule has 1 amide bonds. The van der Waals surface area contributed by atoms with Crippen molar-refractivity contribution < 1.29 is 28.6 Å². The second kappa shape index (κ2) is 9.92. The summed E-state index contributed by atoms with van der Waals surface area (Å²) in [6.45, 7) is -0.562. The average molecular weight is 408 g/mol. The lowest BCUT2D eigenvalue weighted by atomic mass is 10.2. The minimum Gasteiger partial charge on any atom is -0.497 e. The second-order valence-electron chi connectivity index (χ2n) is 6.18. The van der Waals surface area contributed by atoms with Crippen molar-refractivity contribution in [1.29, 1.82) is 0 Å². The number of nitrogens with one attached hydrogen (secondary N) is 2. The second-order valence-corrected chi connectivity index (χ2v) is 6.18. The molecule has 154 valence electrons. The van der Waals surface area contributed by atoms with Gasteiger partial charge in [0.25, 0.3) is 5.91 Å². The van der Waals surface area contributed by atoms with Crippen molar-refractivity contribution in [2.24, 2.45) is 0 Å². The van der Waals surface area contributed by atoms with E-state index in [1.54, 1.807) is 61.8 Å². The molecule has 3 rings (SSSR count). The summed E-state index contributed by atoms with van der Waals surface area (Å²) in [4.78, 5) is 38.7. The third-order valence-corrected chi connectivity index (χ3v) is 4.05. The summed E-state index contributed by atoms with van der Waals surface area (Å²) < 4.78 is 15.5. The standard InChI is InChI=1S/C22H20N2O6/c1-28-18-5-2-4-16(12-18)24-21(26)14-29-17-9-7-15(8-10-17)22(27)30-13-20(25)19-6-3-11-23-19/h2-12,23H,13-14H2,1H3,(H,24,26). The van der Waals surface area contributed by atoms with Crippen molar-refractivity contribution in [3.63, 3.8) is 0 Å². The third-order valence-electron chi connectivity index (χ3n) is 4.05. The minimum absolute atomic E-state index is 0.203. The molecular formula is C22H20N2O6. The molecule has 2 N–H and O–H groups in total. The summed E-state index contributed by atoms with van der Waals surface area (Å²) >= 11 is 0. The zero-order chi connectivity index (χ0) is 21.3. The van der Waals surface area contributed by atoms with Gasteiger partial charge in [0, 0.05) is 18.0 Å². The Labute approximate surface area is 172 Å². The van der Waals surface area contributed by atoms with E-state index in [9.17, 15) is 14.4 Å². The maximum atomic E-state index is 12.1. The molecule has 0 unspecified atom stereocenters. The van der Waals surface area contributed by atoms with Crippen LogP contribution >= 0.6 is 0 Å². The molecule has 3 aromatic rings. The van der Waals surface area contributed by atoms with Crippen molar-refractivity contribution in [3.8, 4) is 11.5 Å². The molecule has 8 heteroatoms. The Morgan fingerprint density at radius 3 is 2.43 bits per heavy atom. The fourth-order valence-electron chi connectivity index (χ4n) is 2.53. The number of aromatic nitrogens is 1. The smallest absolute Gasteiger partial charge is 0.338 e. The number of Topliss-reactive ketones (excluding diaryl/α,β-unsaturated/α-hetero) is 1. The van der Waals surface area contributed by atoms with Crippen LogP contribution < -0.4 is 14.8 Å². The Balaban J connectivity index is 1.46. The van der Waals surface area contributed by atoms with E-state index in [0.29, 0.717) is 22.9 Å². The van der Waals surface area contributed by atoms with Crippen molar-refractivity contribution in [3.05, 3.63) is 78.1 Å². The highest BCUT2D eigenvalue weighted by Gasteiger charge is 2.12. The van der Waals surface area contributed by atoms with Crippen LogP contribution in [0.25, 0.3) is 0 Å². The number of ether oxygens (including phenoxy) is 3. The highest BCUT2D eigenvalue weighted by atomic mass is 16.5. The number of aromatic amines is 1. The highest BCUT2D eigenvalue weighted by molar-refractivity contribution is 5.98. The maximum Gasteiger partial charge on any atom is 0.338 e. The molecule has 30 heavy (non-hydrogen) atoms. The molecule has 1 heterocycles. The number of ketones is 1. The zero-order valence-corrected chi connectivity index (χ0v) is 16.2. The normalized spacial score (nSPS) is 10.2. The van der Waals surface area contributed by atoms with E-state index in [-0.39, 0.29) is 30.5 Å². The largest absolute Gasteiger partial charge is 0.497 e. The summed E-state index contributed by atoms with van der Waals surface area (Å²) in [7, 11) is 1.54. The first-order valence-corrected chi connectivity index (χ1v) is 9.05. The number of hydrogen-bond donors (Lipinski definition) is 2. The first-order valence-electron chi connectivity index (χ1n) is 9.05. The van der Waals surface area contributed by atoms with Gasteiger partial charge in [-0.2, -0.15) is 0 Å². The zero-order valence-electron chi connectivity index (χ0n) is 16.2. The van der Waals surface area contributed by atoms with Crippen molar-refractivity contribution in [2.75, 3.05) is 25.6 Å². The predicted molar refractivity (Wildman–Crippen MR) is 109 cm³/mol. The average Bonchev–Trinajstić information content (AvgIpc) is 3.31. The van der Waals surface area contributed by atoms with Gasteiger partial charge in [-0.3, -0.25) is 9.59 Å². The number of anilines is 1. The van der Waals surface area contributed by atoms with Gasteiger partial charge in [0.2, 0.25) is 5.78 Å². The Hall–Kier alpha value is -4.07. The van der Waals surface area contributed by atoms with E-state index >= 15 is 0 Å². The van der Waals surface area contributed by atoms with Gasteiger partial charge >= 0.3 is 5.97 Å². The van der Waals surface area contributed by atoms with Crippen LogP contribution in [0.15, 0.2) is 66.9 Å². The fraction of sp³-hybridized carbons (Fsp3) is 0.136. The maximum absolute atomic E-state index is 12.1. The monoisotopic (exact) mass is 408 g/mol. The third kappa shape index (κ3) is 5.71. The fourth-order valence-corrected chi connectivity index (χ4v) is 2.53. The lowest BCUT2D eigenvalue weighted by Crippen LogP contribution is -2.20. The topological polar surface area (TPSA) is 107 Å². The van der Waals surface area contributed by atoms with E-state index in [1.807, 2.05) is 0 Å². The Bertz CT molecular complexity index is 1010. The molecule has 0 saturated heterocycles. The van der Waals surface area contributed by atoms with Crippen molar-refractivity contribution in [2.45, 2.75) is 0 Å². The molecule has 0 spiro atoms. The Morgan fingerprint density at radius 1 is 0.933 bits per heavy atom. The van der Waals surface area contributed by atoms with Crippen molar-refractivity contribution in [1.82, 2.24) is 4.98 Å². The number of amides is 1. The van der Waals surface area contributed by atoms with Gasteiger partial charge in [-0.15, -0.1) is 0 Å². The lowest BCUT2D eigenvalue weighted by molar-refractivity contribution is -0.118. The summed E-state index contributed by atoms with van der Waals surface area (Å²) in [5.74, 6) is -0.247. The van der Waals surface area contributed by atoms with Crippen LogP contribution in [0.2, 0.25) is 0 Å². The molecule has 0 fully saturated rings. The molecule has 0 bridgehead atoms. The van der Waals surface area contributed by atoms with Gasteiger partial charge in [0.05, 0.1) is 18.4 Å². The molecular weight excluding hydrogens is 388 g/mol. The van der Waals surface area contributed by atoms with Crippen LogP contribution in [-0.2, 0) is 9.53 Å². The summed E-state index contributed by atoms with van der Waals surface area (Å²) in [6, 6.07) is 16.3. The number of hydrogen-bond acceptors (Lipinski definition) is 6. The molecule has 8 nitrogen and oxygen atoms in total. The quantitative estimate of drug-likeness (QED) is 0.416. The summed E-state index contributed by atoms with van der Waals surface area (Å²) in [5, 5.41) is 2.70. The lowest BCUT2D eigenvalue weighted by Gasteiger charge is -2.09. The molecule has 0 radical (unpaired) electrons. The van der Waals surface area contributed by atoms with Gasteiger partial charge < -0.3 is 24.5 Å². The molecule has 0 aliphatic heterocycles. The highest BCUT2D eigenvalue weighted by Crippen LogP contribution is 2.17. The molecule has 0 aliphatic carbocycles. The molecule has 0 saturated carbocycles. The number of rotatable bonds is 9. The SMILES string of the molecule is COc1cccc(NC(=O)COc2ccc(C(=O)OCC(=O)c3ccc[nH]3)cc2)c1. The number of benzene rings is 2. The van der Waals surface area contributed by atoms with Crippen LogP contribution in [0, 0.1) is 0 Å². The van der Waals surface area contributed by atoms with Gasteiger partial charge in [0.1, 0.15) is 11.5 Å². The van der Waals surface area contributed by atoms with E-state index in [0.717, 1.165) is 0 Å². The van der Waals surface area contributed by atoms with Gasteiger partial charge in [-0.05, 0) is 48.5 Å². The Kier molecular flexibility index (Phi) is 6.83. The first-order chi connectivity index (χ1) is 14.5. The first kappa shape index (κ1) is 20.7. The summed E-state index contributed by atoms with van der Waals surface area (Å²) in [6.07, 6.45) is 1.62. The number of methoxy groups -OCH3 is 1. The van der Waals surface area contributed by atoms with Gasteiger partial charge in [0.15, 0.2) is 13.2 Å². The van der Waals surface area contributed by atoms with Crippen LogP contribution in [0.5, 0.6) is 11.5 Å². The van der Waals surface area contributed by atoms with Crippen LogP contribution in [0.4, 0.5) is 5.69 Å². The van der Waals surface area contributed by atoms with Gasteiger partial charge in [-0.1, -0.05) is 6.07 Å². The minimum atomic E-state index is -0.628. The van der Waals surface area contributed by atoms with Crippen LogP contribution in [0.1, 0.15) is 20.8 Å². The van der Waals surface area contributed by atoms with E-state index in [2.05, 4.69) is 10.3 Å². The van der Waals surface area contributed by atoms with E-state index < -0.39 is 5.97 Å². The van der Waals surface area contributed by atoms with E-state index in [4.69, 9.17) is 14.2 Å². The Morgan fingerprint density at radius 2 is 1.73 bits per heavy atom. The number of carbonyl (C=O) groups excluding carboxylic acids is 3. The van der Waals surface area contributed by atoms with Gasteiger partial charge in [-0.25, -0.2) is 4.79 Å². The summed E-state index contributed by atoms with van der Waals surface area (Å²) in [5.41, 5.74) is 1.23. The number of carbonyl (C=O) groups is 3. The number of esters is 1. The predicted octanol–water partition coefficient (Wildman–Crippen LogP) is 3.08. The number of H-pyrrole nitrogens is 1. The molecule has 0 atom stereocenters. The molecule has 2 aromatic carbocycles. The van der Waals surface area contributed by atoms with Crippen LogP contribution in [-0.4, -0.2) is 43.0 Å².